The number of thiol groups is 1. The van der Waals surface area contributed by atoms with E-state index in [2.05, 4.69) is 12.6 Å². The maximum Gasteiger partial charge on any atom is 0.508 e. The molecule has 0 unspecified atom stereocenters. The molecule has 0 radical (unpaired) electrons. The Morgan fingerprint density at radius 3 is 1.00 bits per heavy atom. The minimum absolute atomic E-state index is 0.192. The van der Waals surface area contributed by atoms with Crippen LogP contribution in [0.2, 0.25) is 5.16 Å². The number of hydrogen-bond donors (Lipinski definition) is 1. The van der Waals surface area contributed by atoms with Crippen LogP contribution in [0.15, 0.2) is 0 Å². The molecule has 0 N–H and O–H groups in total. The molecule has 0 saturated carbocycles. The average Bonchev–Trinajstić information content (AvgIpc) is 2.54. The number of hydrogen-bond acceptors (Lipinski definition) is 7. The smallest absolute Gasteiger partial charge is 0.374 e. The highest BCUT2D eigenvalue weighted by molar-refractivity contribution is 7.80. The topological polar surface area (TPSA) is 55.4 Å². The van der Waals surface area contributed by atoms with Gasteiger partial charge in [0, 0.05) is 39.6 Å². The zero-order valence-corrected chi connectivity index (χ0v) is 19.0. The van der Waals surface area contributed by atoms with Crippen LogP contribution in [0.25, 0.3) is 0 Å². The predicted molar refractivity (Wildman–Crippen MR) is 103 cm³/mol. The van der Waals surface area contributed by atoms with Crippen molar-refractivity contribution in [1.29, 1.82) is 0 Å². The third-order valence-electron chi connectivity index (χ3n) is 3.34. The van der Waals surface area contributed by atoms with Crippen molar-refractivity contribution in [2.45, 2.75) is 53.1 Å². The minimum atomic E-state index is -3.06. The highest BCUT2D eigenvalue weighted by atomic mass is 32.1. The van der Waals surface area contributed by atoms with Crippen LogP contribution < -0.4 is 0 Å². The fraction of sp³-hybridized carbons (Fsp3) is 1.00. The van der Waals surface area contributed by atoms with Gasteiger partial charge in [-0.1, -0.05) is 0 Å². The van der Waals surface area contributed by atoms with E-state index in [1.54, 1.807) is 0 Å². The molecule has 9 heteroatoms. The summed E-state index contributed by atoms with van der Waals surface area (Å²) in [6.07, 6.45) is 0.696. The predicted octanol–water partition coefficient (Wildman–Crippen LogP) is 3.31. The van der Waals surface area contributed by atoms with Crippen molar-refractivity contribution < 1.29 is 26.6 Å². The van der Waals surface area contributed by atoms with Crippen molar-refractivity contribution in [3.05, 3.63) is 0 Å². The molecule has 0 atom stereocenters. The lowest BCUT2D eigenvalue weighted by Crippen LogP contribution is -2.64. The maximum atomic E-state index is 6.13. The van der Waals surface area contributed by atoms with Crippen molar-refractivity contribution in [3.8, 4) is 0 Å². The normalized spacial score (nSPS) is 13.0. The summed E-state index contributed by atoms with van der Waals surface area (Å²) >= 11 is 4.44. The van der Waals surface area contributed by atoms with Gasteiger partial charge in [-0.3, -0.25) is 0 Å². The molecule has 0 heterocycles. The summed E-state index contributed by atoms with van der Waals surface area (Å²) < 4.78 is 36.8. The van der Waals surface area contributed by atoms with Gasteiger partial charge in [-0.05, 0) is 53.7 Å². The molecule has 0 fully saturated rings. The second-order valence-corrected chi connectivity index (χ2v) is 11.4. The van der Waals surface area contributed by atoms with Crippen LogP contribution in [-0.2, 0) is 26.6 Å². The van der Waals surface area contributed by atoms with Gasteiger partial charge in [-0.15, -0.1) is 0 Å². The fourth-order valence-electron chi connectivity index (χ4n) is 2.76. The molecule has 0 aliphatic carbocycles. The Kier molecular flexibility index (Phi) is 14.0. The van der Waals surface area contributed by atoms with E-state index < -0.39 is 17.6 Å². The first-order valence-corrected chi connectivity index (χ1v) is 13.2. The lowest BCUT2D eigenvalue weighted by Gasteiger charge is -2.42. The van der Waals surface area contributed by atoms with Gasteiger partial charge in [0.2, 0.25) is 0 Å². The van der Waals surface area contributed by atoms with Crippen LogP contribution in [-0.4, -0.2) is 63.0 Å². The van der Waals surface area contributed by atoms with Crippen molar-refractivity contribution in [2.75, 3.05) is 45.4 Å². The molecule has 0 aromatic rings. The molecule has 0 amide bonds. The van der Waals surface area contributed by atoms with Gasteiger partial charge in [0.1, 0.15) is 5.16 Å². The summed E-state index contributed by atoms with van der Waals surface area (Å²) in [5, 5.41) is -0.192. The first kappa shape index (κ1) is 24.5. The van der Waals surface area contributed by atoms with Crippen LogP contribution >= 0.6 is 12.6 Å². The zero-order valence-electron chi connectivity index (χ0n) is 16.1. The zero-order chi connectivity index (χ0) is 18.5. The van der Waals surface area contributed by atoms with Crippen molar-refractivity contribution in [2.24, 2.45) is 0 Å². The standard InChI is InChI=1S/C15H36O6SSi2/c1-7-16-23(17-8-2,18-9-3)15(13-14-22)24(19-10-4,20-11-5)21-12-6/h15,22H,7-14H2,1-6H3. The summed E-state index contributed by atoms with van der Waals surface area (Å²) in [4.78, 5) is 0. The first-order chi connectivity index (χ1) is 11.6. The second-order valence-electron chi connectivity index (χ2n) is 4.87. The Bertz CT molecular complexity index is 252. The molecule has 24 heavy (non-hydrogen) atoms. The van der Waals surface area contributed by atoms with Gasteiger partial charge in [0.25, 0.3) is 0 Å². The van der Waals surface area contributed by atoms with Gasteiger partial charge < -0.3 is 26.6 Å². The van der Waals surface area contributed by atoms with Crippen molar-refractivity contribution in [3.63, 3.8) is 0 Å². The van der Waals surface area contributed by atoms with Gasteiger partial charge in [-0.2, -0.15) is 12.6 Å². The summed E-state index contributed by atoms with van der Waals surface area (Å²) in [6.45, 7) is 14.7. The Hall–Kier alpha value is 0.544. The number of rotatable bonds is 16. The van der Waals surface area contributed by atoms with E-state index in [-0.39, 0.29) is 5.16 Å². The quantitative estimate of drug-likeness (QED) is 0.317. The van der Waals surface area contributed by atoms with Gasteiger partial charge in [0.05, 0.1) is 0 Å². The third-order valence-corrected chi connectivity index (χ3v) is 12.2. The van der Waals surface area contributed by atoms with E-state index in [1.165, 1.54) is 0 Å². The molecule has 0 rings (SSSR count). The SMILES string of the molecule is CCO[Si](OCC)(OCC)C(CCS)[Si](OCC)(OCC)OCC. The van der Waals surface area contributed by atoms with Gasteiger partial charge in [-0.25, -0.2) is 0 Å². The molecule has 0 aromatic heterocycles. The lowest BCUT2D eigenvalue weighted by molar-refractivity contribution is 0.0322. The van der Waals surface area contributed by atoms with Crippen molar-refractivity contribution in [1.82, 2.24) is 0 Å². The summed E-state index contributed by atoms with van der Waals surface area (Å²) in [5.74, 6) is 0.647. The average molecular weight is 401 g/mol. The van der Waals surface area contributed by atoms with Crippen LogP contribution in [0.1, 0.15) is 48.0 Å². The molecular formula is C15H36O6SSi2. The Labute approximate surface area is 155 Å². The summed E-state index contributed by atoms with van der Waals surface area (Å²) in [7, 11) is -6.11. The molecular weight excluding hydrogens is 364 g/mol. The molecule has 0 aliphatic rings. The van der Waals surface area contributed by atoms with E-state index in [1.807, 2.05) is 41.5 Å². The van der Waals surface area contributed by atoms with Crippen LogP contribution in [0.5, 0.6) is 0 Å². The monoisotopic (exact) mass is 400 g/mol. The Balaban J connectivity index is 6.05. The van der Waals surface area contributed by atoms with Gasteiger partial charge >= 0.3 is 17.6 Å². The van der Waals surface area contributed by atoms with Crippen LogP contribution in [0.4, 0.5) is 0 Å². The largest absolute Gasteiger partial charge is 0.508 e. The molecule has 0 spiro atoms. The van der Waals surface area contributed by atoms with Gasteiger partial charge in [0.15, 0.2) is 0 Å². The molecule has 0 aromatic carbocycles. The highest BCUT2D eigenvalue weighted by Gasteiger charge is 2.65. The van der Waals surface area contributed by atoms with E-state index >= 15 is 0 Å². The van der Waals surface area contributed by atoms with Crippen molar-refractivity contribution >= 4 is 30.2 Å². The third kappa shape index (κ3) is 6.69. The molecule has 146 valence electrons. The molecule has 0 saturated heterocycles. The second kappa shape index (κ2) is 13.7. The first-order valence-electron chi connectivity index (χ1n) is 9.00. The van der Waals surface area contributed by atoms with Crippen LogP contribution in [0.3, 0.4) is 0 Å². The summed E-state index contributed by atoms with van der Waals surface area (Å²) in [6, 6.07) is 0. The Morgan fingerprint density at radius 2 is 0.833 bits per heavy atom. The summed E-state index contributed by atoms with van der Waals surface area (Å²) in [5.41, 5.74) is 0. The van der Waals surface area contributed by atoms with E-state index in [0.29, 0.717) is 51.8 Å². The minimum Gasteiger partial charge on any atom is -0.374 e. The molecule has 0 bridgehead atoms. The fourth-order valence-corrected chi connectivity index (χ4v) is 11.9. The molecule has 0 aliphatic heterocycles. The maximum absolute atomic E-state index is 6.13. The van der Waals surface area contributed by atoms with E-state index in [4.69, 9.17) is 26.6 Å². The molecule has 6 nitrogen and oxygen atoms in total. The Morgan fingerprint density at radius 1 is 0.583 bits per heavy atom. The van der Waals surface area contributed by atoms with E-state index in [9.17, 15) is 0 Å². The van der Waals surface area contributed by atoms with E-state index in [0.717, 1.165) is 0 Å². The lowest BCUT2D eigenvalue weighted by atomic mass is 10.6. The van der Waals surface area contributed by atoms with Crippen LogP contribution in [0, 0.1) is 0 Å². The highest BCUT2D eigenvalue weighted by Crippen LogP contribution is 2.40.